The third-order valence-corrected chi connectivity index (χ3v) is 3.97. The zero-order valence-electron chi connectivity index (χ0n) is 12.0. The van der Waals surface area contributed by atoms with E-state index >= 15 is 0 Å². The van der Waals surface area contributed by atoms with Crippen LogP contribution in [-0.2, 0) is 0 Å². The van der Waals surface area contributed by atoms with Crippen molar-refractivity contribution in [2.24, 2.45) is 17.8 Å². The van der Waals surface area contributed by atoms with Crippen molar-refractivity contribution in [1.82, 2.24) is 9.97 Å². The van der Waals surface area contributed by atoms with Crippen molar-refractivity contribution in [3.63, 3.8) is 0 Å². The Morgan fingerprint density at radius 2 is 2.00 bits per heavy atom. The molecule has 1 aromatic heterocycles. The molecule has 1 saturated carbocycles. The maximum absolute atomic E-state index is 6.05. The van der Waals surface area contributed by atoms with Crippen molar-refractivity contribution in [3.8, 4) is 5.88 Å². The second-order valence-electron chi connectivity index (χ2n) is 5.97. The SMILES string of the molecule is CC1CCC(C(C)C)C(Oc2cc(N)nc(N)n2)C1. The molecule has 5 heteroatoms. The summed E-state index contributed by atoms with van der Waals surface area (Å²) in [6.45, 7) is 6.77. The van der Waals surface area contributed by atoms with E-state index in [1.165, 1.54) is 12.8 Å². The molecule has 4 N–H and O–H groups in total. The Kier molecular flexibility index (Phi) is 4.12. The average molecular weight is 264 g/mol. The fourth-order valence-corrected chi connectivity index (χ4v) is 2.93. The first-order valence-electron chi connectivity index (χ1n) is 7.02. The lowest BCUT2D eigenvalue weighted by Crippen LogP contribution is -2.36. The van der Waals surface area contributed by atoms with Crippen molar-refractivity contribution >= 4 is 11.8 Å². The van der Waals surface area contributed by atoms with E-state index in [1.807, 2.05) is 0 Å². The van der Waals surface area contributed by atoms with Gasteiger partial charge in [0.25, 0.3) is 0 Å². The number of nitrogen functional groups attached to an aromatic ring is 2. The first-order valence-corrected chi connectivity index (χ1v) is 7.02. The third kappa shape index (κ3) is 3.49. The molecule has 1 aliphatic rings. The molecule has 1 fully saturated rings. The Hall–Kier alpha value is -1.52. The summed E-state index contributed by atoms with van der Waals surface area (Å²) in [4.78, 5) is 7.97. The predicted molar refractivity (Wildman–Crippen MR) is 76.6 cm³/mol. The Morgan fingerprint density at radius 3 is 2.63 bits per heavy atom. The smallest absolute Gasteiger partial charge is 0.225 e. The lowest BCUT2D eigenvalue weighted by atomic mass is 9.75. The van der Waals surface area contributed by atoms with E-state index in [4.69, 9.17) is 16.2 Å². The van der Waals surface area contributed by atoms with Gasteiger partial charge in [-0.1, -0.05) is 27.2 Å². The summed E-state index contributed by atoms with van der Waals surface area (Å²) in [5, 5.41) is 0. The van der Waals surface area contributed by atoms with E-state index in [9.17, 15) is 0 Å². The van der Waals surface area contributed by atoms with Gasteiger partial charge in [0.05, 0.1) is 0 Å². The summed E-state index contributed by atoms with van der Waals surface area (Å²) >= 11 is 0. The monoisotopic (exact) mass is 264 g/mol. The number of anilines is 2. The molecule has 2 rings (SSSR count). The van der Waals surface area contributed by atoms with Crippen molar-refractivity contribution in [2.45, 2.75) is 46.1 Å². The maximum atomic E-state index is 6.05. The molecule has 0 bridgehead atoms. The van der Waals surface area contributed by atoms with Crippen LogP contribution in [-0.4, -0.2) is 16.1 Å². The van der Waals surface area contributed by atoms with Gasteiger partial charge in [0.1, 0.15) is 11.9 Å². The highest BCUT2D eigenvalue weighted by Crippen LogP contribution is 2.35. The van der Waals surface area contributed by atoms with Gasteiger partial charge in [-0.15, -0.1) is 0 Å². The molecule has 106 valence electrons. The van der Waals surface area contributed by atoms with Gasteiger partial charge < -0.3 is 16.2 Å². The molecule has 0 amide bonds. The Morgan fingerprint density at radius 1 is 1.26 bits per heavy atom. The van der Waals surface area contributed by atoms with E-state index in [0.717, 1.165) is 6.42 Å². The molecule has 3 unspecified atom stereocenters. The van der Waals surface area contributed by atoms with Crippen LogP contribution >= 0.6 is 0 Å². The molecule has 1 heterocycles. The second-order valence-corrected chi connectivity index (χ2v) is 5.97. The zero-order chi connectivity index (χ0) is 14.0. The van der Waals surface area contributed by atoms with Crippen molar-refractivity contribution in [2.75, 3.05) is 11.5 Å². The highest BCUT2D eigenvalue weighted by molar-refractivity contribution is 5.38. The van der Waals surface area contributed by atoms with E-state index in [1.54, 1.807) is 6.07 Å². The Balaban J connectivity index is 2.13. The van der Waals surface area contributed by atoms with Gasteiger partial charge in [-0.3, -0.25) is 0 Å². The van der Waals surface area contributed by atoms with Crippen LogP contribution in [0.15, 0.2) is 6.07 Å². The lowest BCUT2D eigenvalue weighted by molar-refractivity contribution is 0.0427. The van der Waals surface area contributed by atoms with E-state index < -0.39 is 0 Å². The molecule has 3 atom stereocenters. The standard InChI is InChI=1S/C14H24N4O/c1-8(2)10-5-4-9(3)6-11(10)19-13-7-12(15)17-14(16)18-13/h7-11H,4-6H2,1-3H3,(H4,15,16,17,18). The number of nitrogens with zero attached hydrogens (tertiary/aromatic N) is 2. The van der Waals surface area contributed by atoms with Crippen LogP contribution in [0.5, 0.6) is 5.88 Å². The van der Waals surface area contributed by atoms with E-state index in [0.29, 0.717) is 29.5 Å². The summed E-state index contributed by atoms with van der Waals surface area (Å²) in [6, 6.07) is 1.65. The van der Waals surface area contributed by atoms with Gasteiger partial charge >= 0.3 is 0 Å². The first kappa shape index (κ1) is 13.9. The summed E-state index contributed by atoms with van der Waals surface area (Å²) in [6.07, 6.45) is 3.74. The van der Waals surface area contributed by atoms with Crippen molar-refractivity contribution < 1.29 is 4.74 Å². The maximum Gasteiger partial charge on any atom is 0.225 e. The minimum atomic E-state index is 0.167. The van der Waals surface area contributed by atoms with Crippen LogP contribution in [0, 0.1) is 17.8 Å². The summed E-state index contributed by atoms with van der Waals surface area (Å²) in [5.74, 6) is 2.88. The molecule has 5 nitrogen and oxygen atoms in total. The van der Waals surface area contributed by atoms with Gasteiger partial charge in [0.2, 0.25) is 11.8 Å². The summed E-state index contributed by atoms with van der Waals surface area (Å²) < 4.78 is 6.05. The molecule has 0 aliphatic heterocycles. The van der Waals surface area contributed by atoms with Crippen LogP contribution in [0.4, 0.5) is 11.8 Å². The van der Waals surface area contributed by atoms with E-state index in [-0.39, 0.29) is 12.1 Å². The number of ether oxygens (including phenoxy) is 1. The molecule has 0 aromatic carbocycles. The third-order valence-electron chi connectivity index (χ3n) is 3.97. The van der Waals surface area contributed by atoms with Gasteiger partial charge in [-0.2, -0.15) is 9.97 Å². The fraction of sp³-hybridized carbons (Fsp3) is 0.714. The predicted octanol–water partition coefficient (Wildman–Crippen LogP) is 2.48. The van der Waals surface area contributed by atoms with Crippen LogP contribution in [0.3, 0.4) is 0 Å². The molecule has 0 radical (unpaired) electrons. The number of rotatable bonds is 3. The molecular weight excluding hydrogens is 240 g/mol. The van der Waals surface area contributed by atoms with Gasteiger partial charge in [-0.05, 0) is 30.6 Å². The summed E-state index contributed by atoms with van der Waals surface area (Å²) in [5.41, 5.74) is 11.3. The molecule has 0 spiro atoms. The van der Waals surface area contributed by atoms with E-state index in [2.05, 4.69) is 30.7 Å². The number of nitrogens with two attached hydrogens (primary N) is 2. The highest BCUT2D eigenvalue weighted by atomic mass is 16.5. The molecular formula is C14H24N4O. The molecule has 0 saturated heterocycles. The minimum Gasteiger partial charge on any atom is -0.474 e. The Bertz CT molecular complexity index is 415. The van der Waals surface area contributed by atoms with Crippen molar-refractivity contribution in [3.05, 3.63) is 6.07 Å². The van der Waals surface area contributed by atoms with Crippen LogP contribution in [0.1, 0.15) is 40.0 Å². The Labute approximate surface area is 114 Å². The quantitative estimate of drug-likeness (QED) is 0.875. The van der Waals surface area contributed by atoms with Crippen molar-refractivity contribution in [1.29, 1.82) is 0 Å². The fourth-order valence-electron chi connectivity index (χ4n) is 2.93. The molecule has 19 heavy (non-hydrogen) atoms. The highest BCUT2D eigenvalue weighted by Gasteiger charge is 2.32. The summed E-state index contributed by atoms with van der Waals surface area (Å²) in [7, 11) is 0. The molecule has 1 aromatic rings. The topological polar surface area (TPSA) is 87.0 Å². The van der Waals surface area contributed by atoms with Crippen LogP contribution in [0.2, 0.25) is 0 Å². The zero-order valence-corrected chi connectivity index (χ0v) is 12.0. The van der Waals surface area contributed by atoms with Gasteiger partial charge in [-0.25, -0.2) is 0 Å². The minimum absolute atomic E-state index is 0.167. The number of hydrogen-bond acceptors (Lipinski definition) is 5. The van der Waals surface area contributed by atoms with Crippen LogP contribution in [0.25, 0.3) is 0 Å². The number of aromatic nitrogens is 2. The second kappa shape index (κ2) is 5.63. The largest absolute Gasteiger partial charge is 0.474 e. The van der Waals surface area contributed by atoms with Gasteiger partial charge in [0.15, 0.2) is 0 Å². The van der Waals surface area contributed by atoms with Gasteiger partial charge in [0, 0.05) is 6.07 Å². The lowest BCUT2D eigenvalue weighted by Gasteiger charge is -2.37. The first-order chi connectivity index (χ1) is 8.95. The molecule has 1 aliphatic carbocycles. The normalized spacial score (nSPS) is 27.5. The average Bonchev–Trinajstić information content (AvgIpc) is 2.26. The number of hydrogen-bond donors (Lipinski definition) is 2. The van der Waals surface area contributed by atoms with Crippen LogP contribution < -0.4 is 16.2 Å².